The first-order valence-electron chi connectivity index (χ1n) is 6.10. The average molecular weight is 231 g/mol. The number of hydrogen-bond acceptors (Lipinski definition) is 3. The first-order valence-corrected chi connectivity index (χ1v) is 6.10. The average Bonchev–Trinajstić information content (AvgIpc) is 2.18. The lowest BCUT2D eigenvalue weighted by atomic mass is 9.74. The number of nitrogens with zero attached hydrogens (tertiary/aromatic N) is 1. The van der Waals surface area contributed by atoms with Crippen LogP contribution in [0, 0.1) is 5.41 Å². The zero-order chi connectivity index (χ0) is 12.5. The predicted molar refractivity (Wildman–Crippen MR) is 71.4 cm³/mol. The van der Waals surface area contributed by atoms with E-state index in [1.807, 2.05) is 12.3 Å². The first kappa shape index (κ1) is 12.1. The van der Waals surface area contributed by atoms with Crippen LogP contribution in [-0.2, 0) is 6.42 Å². The number of nitrogen functional groups attached to an aromatic ring is 1. The van der Waals surface area contributed by atoms with Crippen LogP contribution in [0.5, 0.6) is 0 Å². The quantitative estimate of drug-likeness (QED) is 0.767. The van der Waals surface area contributed by atoms with Crippen molar-refractivity contribution in [3.63, 3.8) is 0 Å². The Bertz CT molecular complexity index is 435. The smallest absolute Gasteiger partial charge is 0.0380 e. The van der Waals surface area contributed by atoms with E-state index in [0.717, 1.165) is 30.5 Å². The lowest BCUT2D eigenvalue weighted by Crippen LogP contribution is -2.31. The third kappa shape index (κ3) is 3.07. The van der Waals surface area contributed by atoms with Crippen molar-refractivity contribution in [3.05, 3.63) is 35.7 Å². The molecule has 0 fully saturated rings. The maximum Gasteiger partial charge on any atom is 0.0380 e. The number of aromatic nitrogens is 1. The van der Waals surface area contributed by atoms with Crippen molar-refractivity contribution in [2.45, 2.75) is 39.2 Å². The van der Waals surface area contributed by atoms with E-state index in [1.165, 1.54) is 5.57 Å². The molecule has 3 nitrogen and oxygen atoms in total. The monoisotopic (exact) mass is 231 g/mol. The molecule has 0 saturated heterocycles. The summed E-state index contributed by atoms with van der Waals surface area (Å²) in [4.78, 5) is 4.13. The molecule has 0 aliphatic heterocycles. The molecule has 1 unspecified atom stereocenters. The molecular weight excluding hydrogens is 210 g/mol. The van der Waals surface area contributed by atoms with Crippen LogP contribution < -0.4 is 11.5 Å². The number of pyridine rings is 1. The van der Waals surface area contributed by atoms with Gasteiger partial charge in [-0.3, -0.25) is 4.98 Å². The molecule has 92 valence electrons. The summed E-state index contributed by atoms with van der Waals surface area (Å²) in [6.45, 7) is 4.54. The van der Waals surface area contributed by atoms with Crippen LogP contribution in [-0.4, -0.2) is 11.0 Å². The molecular formula is C14H21N3. The van der Waals surface area contributed by atoms with Gasteiger partial charge in [-0.1, -0.05) is 25.5 Å². The minimum atomic E-state index is 0.173. The van der Waals surface area contributed by atoms with E-state index < -0.39 is 0 Å². The third-order valence-electron chi connectivity index (χ3n) is 3.30. The van der Waals surface area contributed by atoms with Gasteiger partial charge in [-0.15, -0.1) is 0 Å². The van der Waals surface area contributed by atoms with Gasteiger partial charge in [0.1, 0.15) is 0 Å². The van der Waals surface area contributed by atoms with E-state index in [9.17, 15) is 0 Å². The van der Waals surface area contributed by atoms with Crippen LogP contribution in [0.15, 0.2) is 30.1 Å². The summed E-state index contributed by atoms with van der Waals surface area (Å²) in [7, 11) is 0. The Labute approximate surface area is 103 Å². The zero-order valence-electron chi connectivity index (χ0n) is 10.6. The van der Waals surface area contributed by atoms with Crippen molar-refractivity contribution in [1.29, 1.82) is 0 Å². The van der Waals surface area contributed by atoms with E-state index >= 15 is 0 Å². The fourth-order valence-electron chi connectivity index (χ4n) is 2.70. The van der Waals surface area contributed by atoms with E-state index in [4.69, 9.17) is 11.5 Å². The highest BCUT2D eigenvalue weighted by Gasteiger charge is 2.26. The maximum atomic E-state index is 6.07. The van der Waals surface area contributed by atoms with Gasteiger partial charge in [0.2, 0.25) is 0 Å². The molecule has 1 aromatic heterocycles. The molecule has 0 bridgehead atoms. The molecule has 1 aliphatic rings. The molecule has 1 heterocycles. The van der Waals surface area contributed by atoms with Crippen molar-refractivity contribution >= 4 is 5.69 Å². The predicted octanol–water partition coefficient (Wildman–Crippen LogP) is 2.28. The molecule has 0 radical (unpaired) electrons. The van der Waals surface area contributed by atoms with Gasteiger partial charge < -0.3 is 11.5 Å². The van der Waals surface area contributed by atoms with Crippen LogP contribution in [0.1, 0.15) is 32.3 Å². The van der Waals surface area contributed by atoms with Gasteiger partial charge in [-0.25, -0.2) is 0 Å². The Morgan fingerprint density at radius 1 is 1.47 bits per heavy atom. The standard InChI is InChI=1S/C14H21N3/c1-14(2)7-10(6-12(15)8-14)5-11-9-17-4-3-13(11)16/h3-4,6,9,12H,5,7-8,15H2,1-2H3,(H2,16,17). The first-order chi connectivity index (χ1) is 7.96. The molecule has 0 amide bonds. The topological polar surface area (TPSA) is 64.9 Å². The van der Waals surface area contributed by atoms with Crippen molar-refractivity contribution in [2.24, 2.45) is 11.1 Å². The fraction of sp³-hybridized carbons (Fsp3) is 0.500. The van der Waals surface area contributed by atoms with Crippen LogP contribution in [0.2, 0.25) is 0 Å². The summed E-state index contributed by atoms with van der Waals surface area (Å²) < 4.78 is 0. The molecule has 3 heteroatoms. The van der Waals surface area contributed by atoms with Crippen LogP contribution in [0.3, 0.4) is 0 Å². The number of hydrogen-bond donors (Lipinski definition) is 2. The number of nitrogens with two attached hydrogens (primary N) is 2. The molecule has 1 aromatic rings. The lowest BCUT2D eigenvalue weighted by Gasteiger charge is -2.33. The summed E-state index contributed by atoms with van der Waals surface area (Å²) in [6, 6.07) is 2.02. The largest absolute Gasteiger partial charge is 0.398 e. The molecule has 0 spiro atoms. The highest BCUT2D eigenvalue weighted by atomic mass is 14.7. The molecule has 4 N–H and O–H groups in total. The van der Waals surface area contributed by atoms with Gasteiger partial charge >= 0.3 is 0 Å². The molecule has 1 aliphatic carbocycles. The van der Waals surface area contributed by atoms with Gasteiger partial charge in [0.15, 0.2) is 0 Å². The summed E-state index contributed by atoms with van der Waals surface area (Å²) >= 11 is 0. The Kier molecular flexibility index (Phi) is 3.20. The normalized spacial score (nSPS) is 23.2. The van der Waals surface area contributed by atoms with Crippen molar-refractivity contribution < 1.29 is 0 Å². The summed E-state index contributed by atoms with van der Waals surface area (Å²) in [5, 5.41) is 0. The van der Waals surface area contributed by atoms with Gasteiger partial charge in [-0.05, 0) is 36.3 Å². The second-order valence-electron chi connectivity index (χ2n) is 5.79. The second kappa shape index (κ2) is 4.49. The number of rotatable bonds is 2. The fourth-order valence-corrected chi connectivity index (χ4v) is 2.70. The minimum absolute atomic E-state index is 0.173. The molecule has 17 heavy (non-hydrogen) atoms. The summed E-state index contributed by atoms with van der Waals surface area (Å²) in [5.74, 6) is 0. The SMILES string of the molecule is CC1(C)CC(Cc2cnccc2N)=CC(N)C1. The Hall–Kier alpha value is -1.35. The van der Waals surface area contributed by atoms with E-state index in [2.05, 4.69) is 24.9 Å². The van der Waals surface area contributed by atoms with Crippen molar-refractivity contribution in [2.75, 3.05) is 5.73 Å². The van der Waals surface area contributed by atoms with Gasteiger partial charge in [-0.2, -0.15) is 0 Å². The highest BCUT2D eigenvalue weighted by Crippen LogP contribution is 2.36. The Morgan fingerprint density at radius 3 is 2.88 bits per heavy atom. The van der Waals surface area contributed by atoms with Crippen molar-refractivity contribution in [3.8, 4) is 0 Å². The second-order valence-corrected chi connectivity index (χ2v) is 5.79. The minimum Gasteiger partial charge on any atom is -0.398 e. The number of allylic oxidation sites excluding steroid dienone is 1. The van der Waals surface area contributed by atoms with E-state index in [1.54, 1.807) is 6.20 Å². The summed E-state index contributed by atoms with van der Waals surface area (Å²) in [6.07, 6.45) is 8.79. The highest BCUT2D eigenvalue weighted by molar-refractivity contribution is 5.46. The molecule has 1 atom stereocenters. The lowest BCUT2D eigenvalue weighted by molar-refractivity contribution is 0.299. The van der Waals surface area contributed by atoms with Gasteiger partial charge in [0.05, 0.1) is 0 Å². The van der Waals surface area contributed by atoms with E-state index in [0.29, 0.717) is 5.41 Å². The molecule has 0 aromatic carbocycles. The Morgan fingerprint density at radius 2 is 2.24 bits per heavy atom. The summed E-state index contributed by atoms with van der Waals surface area (Å²) in [5.41, 5.74) is 15.6. The maximum absolute atomic E-state index is 6.07. The van der Waals surface area contributed by atoms with Crippen molar-refractivity contribution in [1.82, 2.24) is 4.98 Å². The van der Waals surface area contributed by atoms with Gasteiger partial charge in [0.25, 0.3) is 0 Å². The van der Waals surface area contributed by atoms with Crippen LogP contribution in [0.25, 0.3) is 0 Å². The molecule has 2 rings (SSSR count). The third-order valence-corrected chi connectivity index (χ3v) is 3.30. The zero-order valence-corrected chi connectivity index (χ0v) is 10.6. The van der Waals surface area contributed by atoms with E-state index in [-0.39, 0.29) is 6.04 Å². The van der Waals surface area contributed by atoms with Crippen LogP contribution in [0.4, 0.5) is 5.69 Å². The van der Waals surface area contributed by atoms with Crippen LogP contribution >= 0.6 is 0 Å². The molecule has 0 saturated carbocycles. The number of anilines is 1. The van der Waals surface area contributed by atoms with Gasteiger partial charge in [0, 0.05) is 24.1 Å². The Balaban J connectivity index is 2.17.